The van der Waals surface area contributed by atoms with Gasteiger partial charge in [-0.1, -0.05) is 44.2 Å². The summed E-state index contributed by atoms with van der Waals surface area (Å²) < 4.78 is 5.17. The summed E-state index contributed by atoms with van der Waals surface area (Å²) in [6.45, 7) is 3.89. The molecule has 2 unspecified atom stereocenters. The number of carbonyl (C=O) groups is 3. The van der Waals surface area contributed by atoms with E-state index in [1.807, 2.05) is 68.4 Å². The van der Waals surface area contributed by atoms with Gasteiger partial charge >= 0.3 is 0 Å². The number of methoxy groups -OCH3 is 1. The molecule has 8 nitrogen and oxygen atoms in total. The first-order valence-corrected chi connectivity index (χ1v) is 12.5. The van der Waals surface area contributed by atoms with Crippen LogP contribution >= 0.6 is 11.8 Å². The van der Waals surface area contributed by atoms with Crippen molar-refractivity contribution >= 4 is 29.5 Å². The second-order valence-corrected chi connectivity index (χ2v) is 9.78. The summed E-state index contributed by atoms with van der Waals surface area (Å²) in [6, 6.07) is 16.2. The Labute approximate surface area is 211 Å². The first-order chi connectivity index (χ1) is 16.8. The zero-order chi connectivity index (χ0) is 25.8. The van der Waals surface area contributed by atoms with E-state index >= 15 is 0 Å². The molecule has 3 atom stereocenters. The number of hydrogen-bond donors (Lipinski definition) is 4. The van der Waals surface area contributed by atoms with Crippen molar-refractivity contribution in [3.63, 3.8) is 0 Å². The highest BCUT2D eigenvalue weighted by atomic mass is 32.2. The van der Waals surface area contributed by atoms with E-state index in [0.717, 1.165) is 10.5 Å². The highest BCUT2D eigenvalue weighted by Gasteiger charge is 2.35. The molecule has 3 amide bonds. The molecule has 0 aromatic heterocycles. The number of likely N-dealkylation sites (N-methyl/N-ethyl adjacent to an activating group) is 1. The van der Waals surface area contributed by atoms with Crippen LogP contribution in [0.4, 0.5) is 0 Å². The van der Waals surface area contributed by atoms with Crippen LogP contribution in [-0.4, -0.2) is 48.9 Å². The maximum Gasteiger partial charge on any atom is 0.248 e. The van der Waals surface area contributed by atoms with E-state index in [4.69, 9.17) is 4.74 Å². The molecule has 0 spiro atoms. The number of ether oxygens (including phenoxy) is 1. The van der Waals surface area contributed by atoms with Gasteiger partial charge in [-0.3, -0.25) is 24.9 Å². The van der Waals surface area contributed by atoms with Crippen LogP contribution in [0.5, 0.6) is 5.75 Å². The molecule has 0 aliphatic carbocycles. The lowest BCUT2D eigenvalue weighted by Gasteiger charge is -2.26. The third-order valence-electron chi connectivity index (χ3n) is 5.68. The number of amides is 3. The number of hydrogen-bond acceptors (Lipinski definition) is 7. The Kier molecular flexibility index (Phi) is 11.8. The second-order valence-electron chi connectivity index (χ2n) is 8.69. The smallest absolute Gasteiger partial charge is 0.248 e. The molecule has 0 heterocycles. The van der Waals surface area contributed by atoms with Crippen molar-refractivity contribution in [2.24, 2.45) is 17.8 Å². The molecular weight excluding hydrogens is 466 g/mol. The van der Waals surface area contributed by atoms with Gasteiger partial charge < -0.3 is 10.1 Å². The quantitative estimate of drug-likeness (QED) is 0.189. The topological polar surface area (TPSA) is 117 Å². The van der Waals surface area contributed by atoms with Gasteiger partial charge in [0.25, 0.3) is 0 Å². The molecule has 2 rings (SSSR count). The van der Waals surface area contributed by atoms with E-state index in [2.05, 4.69) is 10.6 Å². The maximum absolute atomic E-state index is 13.3. The molecule has 4 N–H and O–H groups in total. The van der Waals surface area contributed by atoms with Crippen LogP contribution in [0, 0.1) is 17.8 Å². The van der Waals surface area contributed by atoms with E-state index in [1.165, 1.54) is 11.8 Å². The molecular formula is C26H35N3O5S. The van der Waals surface area contributed by atoms with E-state index < -0.39 is 35.6 Å². The highest BCUT2D eigenvalue weighted by molar-refractivity contribution is 7.99. The molecule has 190 valence electrons. The first-order valence-electron chi connectivity index (χ1n) is 11.6. The van der Waals surface area contributed by atoms with Crippen molar-refractivity contribution < 1.29 is 24.3 Å². The number of hydroxylamine groups is 1. The molecule has 0 radical (unpaired) electrons. The maximum atomic E-state index is 13.3. The minimum absolute atomic E-state index is 0.0935. The number of rotatable bonds is 13. The van der Waals surface area contributed by atoms with Gasteiger partial charge in [0.2, 0.25) is 17.7 Å². The molecule has 0 saturated heterocycles. The van der Waals surface area contributed by atoms with Gasteiger partial charge in [-0.25, -0.2) is 5.48 Å². The summed E-state index contributed by atoms with van der Waals surface area (Å²) in [5, 5.41) is 14.8. The Bertz CT molecular complexity index is 953. The van der Waals surface area contributed by atoms with Crippen molar-refractivity contribution in [3.8, 4) is 5.75 Å². The van der Waals surface area contributed by atoms with Crippen LogP contribution in [-0.2, 0) is 20.8 Å². The van der Waals surface area contributed by atoms with Gasteiger partial charge in [-0.15, -0.1) is 11.8 Å². The monoisotopic (exact) mass is 501 g/mol. The van der Waals surface area contributed by atoms with Gasteiger partial charge in [0, 0.05) is 10.6 Å². The predicted molar refractivity (Wildman–Crippen MR) is 136 cm³/mol. The van der Waals surface area contributed by atoms with E-state index in [1.54, 1.807) is 19.6 Å². The number of imide groups is 1. The molecule has 0 fully saturated rings. The summed E-state index contributed by atoms with van der Waals surface area (Å²) in [5.41, 5.74) is 2.61. The third kappa shape index (κ3) is 9.01. The lowest BCUT2D eigenvalue weighted by molar-refractivity contribution is -0.142. The summed E-state index contributed by atoms with van der Waals surface area (Å²) in [5.74, 6) is -2.18. The molecule has 9 heteroatoms. The first kappa shape index (κ1) is 28.4. The Morgan fingerprint density at radius 1 is 0.943 bits per heavy atom. The fourth-order valence-electron chi connectivity index (χ4n) is 3.75. The minimum Gasteiger partial charge on any atom is -0.497 e. The average Bonchev–Trinajstić information content (AvgIpc) is 2.87. The standard InChI is InChI=1S/C26H35N3O5S/c1-17(2)14-21(22(25(31)29-33)16-35-20-8-6-5-7-9-20)24(30)28-26(32)23(27-3)15-18-10-12-19(34-4)13-11-18/h5-13,17,21-23,27,33H,14-16H2,1-4H3,(H,29,31)(H,28,30,32)/t21?,22?,23-/m0/s1. The summed E-state index contributed by atoms with van der Waals surface area (Å²) >= 11 is 1.42. The van der Waals surface area contributed by atoms with E-state index in [9.17, 15) is 19.6 Å². The van der Waals surface area contributed by atoms with Gasteiger partial charge in [0.05, 0.1) is 25.0 Å². The Morgan fingerprint density at radius 2 is 1.60 bits per heavy atom. The van der Waals surface area contributed by atoms with Gasteiger partial charge in [-0.05, 0) is 55.6 Å². The third-order valence-corrected chi connectivity index (χ3v) is 6.81. The molecule has 0 aliphatic heterocycles. The average molecular weight is 502 g/mol. The van der Waals surface area contributed by atoms with Crippen molar-refractivity contribution in [2.45, 2.75) is 37.6 Å². The second kappa shape index (κ2) is 14.5. The van der Waals surface area contributed by atoms with Crippen LogP contribution in [0.25, 0.3) is 0 Å². The SMILES string of the molecule is CN[C@@H](Cc1ccc(OC)cc1)C(=O)NC(=O)C(CC(C)C)C(CSc1ccccc1)C(=O)NO. The minimum atomic E-state index is -0.824. The lowest BCUT2D eigenvalue weighted by Crippen LogP contribution is -2.50. The number of nitrogens with one attached hydrogen (secondary N) is 3. The highest BCUT2D eigenvalue weighted by Crippen LogP contribution is 2.28. The molecule has 2 aromatic rings. The molecule has 0 aliphatic rings. The largest absolute Gasteiger partial charge is 0.497 e. The van der Waals surface area contributed by atoms with Crippen molar-refractivity contribution in [1.29, 1.82) is 0 Å². The Hall–Kier alpha value is -2.88. The molecule has 35 heavy (non-hydrogen) atoms. The van der Waals surface area contributed by atoms with Crippen LogP contribution in [0.1, 0.15) is 25.8 Å². The van der Waals surface area contributed by atoms with Crippen LogP contribution in [0.3, 0.4) is 0 Å². The van der Waals surface area contributed by atoms with E-state index in [0.29, 0.717) is 18.6 Å². The Balaban J connectivity index is 2.15. The van der Waals surface area contributed by atoms with E-state index in [-0.39, 0.29) is 11.7 Å². The van der Waals surface area contributed by atoms with Gasteiger partial charge in [0.1, 0.15) is 5.75 Å². The van der Waals surface area contributed by atoms with Gasteiger partial charge in [-0.2, -0.15) is 0 Å². The van der Waals surface area contributed by atoms with Crippen molar-refractivity contribution in [1.82, 2.24) is 16.1 Å². The lowest BCUT2D eigenvalue weighted by atomic mass is 9.85. The summed E-state index contributed by atoms with van der Waals surface area (Å²) in [6.07, 6.45) is 0.758. The summed E-state index contributed by atoms with van der Waals surface area (Å²) in [7, 11) is 3.24. The summed E-state index contributed by atoms with van der Waals surface area (Å²) in [4.78, 5) is 39.8. The van der Waals surface area contributed by atoms with Crippen molar-refractivity contribution in [2.75, 3.05) is 19.9 Å². The zero-order valence-electron chi connectivity index (χ0n) is 20.6. The van der Waals surface area contributed by atoms with Crippen molar-refractivity contribution in [3.05, 3.63) is 60.2 Å². The molecule has 0 bridgehead atoms. The number of carbonyl (C=O) groups excluding carboxylic acids is 3. The predicted octanol–water partition coefficient (Wildman–Crippen LogP) is 3.04. The fraction of sp³-hybridized carbons (Fsp3) is 0.423. The van der Waals surface area contributed by atoms with Crippen LogP contribution in [0.2, 0.25) is 0 Å². The zero-order valence-corrected chi connectivity index (χ0v) is 21.4. The van der Waals surface area contributed by atoms with Gasteiger partial charge in [0.15, 0.2) is 0 Å². The molecule has 2 aromatic carbocycles. The number of benzene rings is 2. The molecule has 0 saturated carbocycles. The Morgan fingerprint density at radius 3 is 2.14 bits per heavy atom. The number of thioether (sulfide) groups is 1. The normalized spacial score (nSPS) is 13.5. The van der Waals surface area contributed by atoms with Crippen LogP contribution in [0.15, 0.2) is 59.5 Å². The van der Waals surface area contributed by atoms with Crippen LogP contribution < -0.4 is 20.9 Å². The fourth-order valence-corrected chi connectivity index (χ4v) is 4.85.